The maximum atomic E-state index is 12.7. The second-order valence-electron chi connectivity index (χ2n) is 7.50. The van der Waals surface area contributed by atoms with Crippen LogP contribution in [0.2, 0.25) is 0 Å². The van der Waals surface area contributed by atoms with Gasteiger partial charge in [-0.3, -0.25) is 14.4 Å². The van der Waals surface area contributed by atoms with E-state index in [1.807, 2.05) is 48.5 Å². The smallest absolute Gasteiger partial charge is 0.448 e. The summed E-state index contributed by atoms with van der Waals surface area (Å²) in [7, 11) is 0. The van der Waals surface area contributed by atoms with Gasteiger partial charge in [0.05, 0.1) is 18.7 Å². The number of carbonyl (C=O) groups is 2. The fraction of sp³-hybridized carbons (Fsp3) is 0.364. The third kappa shape index (κ3) is 3.92. The van der Waals surface area contributed by atoms with Crippen molar-refractivity contribution in [1.82, 2.24) is 4.90 Å². The highest BCUT2D eigenvalue weighted by Gasteiger charge is 2.44. The fourth-order valence-electron chi connectivity index (χ4n) is 4.34. The Morgan fingerprint density at radius 2 is 1.60 bits per heavy atom. The molecule has 1 aliphatic heterocycles. The van der Waals surface area contributed by atoms with Crippen molar-refractivity contribution in [2.24, 2.45) is 0 Å². The number of ether oxygens (including phenoxy) is 2. The van der Waals surface area contributed by atoms with Crippen LogP contribution in [0.4, 0.5) is 18.0 Å². The number of halogens is 3. The number of carbonyl (C=O) groups excluding carboxylic acids is 2. The molecule has 0 aromatic heterocycles. The Bertz CT molecular complexity index is 929. The normalized spacial score (nSPS) is 20.7. The van der Waals surface area contributed by atoms with E-state index in [9.17, 15) is 22.8 Å². The zero-order valence-corrected chi connectivity index (χ0v) is 16.2. The lowest BCUT2D eigenvalue weighted by Crippen LogP contribution is -2.40. The molecule has 158 valence electrons. The highest BCUT2D eigenvalue weighted by atomic mass is 19.4. The number of alkyl halides is 3. The van der Waals surface area contributed by atoms with Gasteiger partial charge in [0.2, 0.25) is 0 Å². The van der Waals surface area contributed by atoms with Gasteiger partial charge in [-0.2, -0.15) is 0 Å². The third-order valence-corrected chi connectivity index (χ3v) is 5.60. The van der Waals surface area contributed by atoms with Gasteiger partial charge in [0.25, 0.3) is 0 Å². The SMILES string of the molecule is CC(=O)[C@H]1C[C@@H](OC(F)(F)F)CN1C(=O)OCC1c2ccccc2-c2ccccc21. The molecule has 1 amide bonds. The van der Waals surface area contributed by atoms with Crippen molar-refractivity contribution in [2.75, 3.05) is 13.2 Å². The molecule has 1 saturated heterocycles. The zero-order chi connectivity index (χ0) is 21.5. The Kier molecular flexibility index (Phi) is 5.27. The first-order chi connectivity index (χ1) is 14.2. The van der Waals surface area contributed by atoms with Gasteiger partial charge >= 0.3 is 12.5 Å². The lowest BCUT2D eigenvalue weighted by molar-refractivity contribution is -0.340. The number of hydrogen-bond acceptors (Lipinski definition) is 4. The van der Waals surface area contributed by atoms with Crippen molar-refractivity contribution in [1.29, 1.82) is 0 Å². The van der Waals surface area contributed by atoms with Crippen LogP contribution in [0.15, 0.2) is 48.5 Å². The Labute approximate surface area is 171 Å². The first-order valence-corrected chi connectivity index (χ1v) is 9.61. The van der Waals surface area contributed by atoms with Crippen LogP contribution in [0, 0.1) is 0 Å². The van der Waals surface area contributed by atoms with Crippen LogP contribution in [0.5, 0.6) is 0 Å². The third-order valence-electron chi connectivity index (χ3n) is 5.60. The Morgan fingerprint density at radius 1 is 1.03 bits per heavy atom. The van der Waals surface area contributed by atoms with Crippen molar-refractivity contribution in [2.45, 2.75) is 37.8 Å². The van der Waals surface area contributed by atoms with Crippen LogP contribution in [0.1, 0.15) is 30.4 Å². The van der Waals surface area contributed by atoms with E-state index in [0.717, 1.165) is 27.2 Å². The minimum Gasteiger partial charge on any atom is -0.448 e. The summed E-state index contributed by atoms with van der Waals surface area (Å²) < 4.78 is 47.2. The van der Waals surface area contributed by atoms with Gasteiger partial charge in [-0.1, -0.05) is 48.5 Å². The summed E-state index contributed by atoms with van der Waals surface area (Å²) in [6.07, 6.45) is -7.15. The molecular weight excluding hydrogens is 399 g/mol. The molecule has 1 aliphatic carbocycles. The summed E-state index contributed by atoms with van der Waals surface area (Å²) in [5.74, 6) is -0.585. The fourth-order valence-corrected chi connectivity index (χ4v) is 4.34. The molecular formula is C22H20F3NO4. The molecule has 0 radical (unpaired) electrons. The number of fused-ring (bicyclic) bond motifs is 3. The largest absolute Gasteiger partial charge is 0.522 e. The molecule has 0 N–H and O–H groups in total. The van der Waals surface area contributed by atoms with Crippen molar-refractivity contribution >= 4 is 11.9 Å². The molecule has 1 fully saturated rings. The summed E-state index contributed by atoms with van der Waals surface area (Å²) in [5.41, 5.74) is 4.18. The Hall–Kier alpha value is -2.87. The van der Waals surface area contributed by atoms with Crippen molar-refractivity contribution in [3.8, 4) is 11.1 Å². The number of Topliss-reactive ketones (excluding diaryl/α,β-unsaturated/α-hetero) is 1. The van der Waals surface area contributed by atoms with E-state index in [1.54, 1.807) is 0 Å². The molecule has 2 atom stereocenters. The average Bonchev–Trinajstić information content (AvgIpc) is 3.24. The summed E-state index contributed by atoms with van der Waals surface area (Å²) in [4.78, 5) is 25.6. The molecule has 30 heavy (non-hydrogen) atoms. The van der Waals surface area contributed by atoms with Gasteiger partial charge in [-0.25, -0.2) is 4.79 Å². The van der Waals surface area contributed by atoms with Crippen LogP contribution in [-0.4, -0.2) is 48.4 Å². The summed E-state index contributed by atoms with van der Waals surface area (Å²) in [6, 6.07) is 14.6. The molecule has 2 aromatic carbocycles. The molecule has 0 saturated carbocycles. The molecule has 4 rings (SSSR count). The van der Waals surface area contributed by atoms with E-state index in [0.29, 0.717) is 0 Å². The number of nitrogens with zero attached hydrogens (tertiary/aromatic N) is 1. The second kappa shape index (κ2) is 7.75. The van der Waals surface area contributed by atoms with E-state index in [2.05, 4.69) is 4.74 Å². The average molecular weight is 419 g/mol. The van der Waals surface area contributed by atoms with Gasteiger partial charge < -0.3 is 4.74 Å². The van der Waals surface area contributed by atoms with Crippen molar-refractivity contribution in [3.05, 3.63) is 59.7 Å². The van der Waals surface area contributed by atoms with Crippen molar-refractivity contribution < 1.29 is 32.2 Å². The first kappa shape index (κ1) is 20.4. The van der Waals surface area contributed by atoms with Gasteiger partial charge in [-0.05, 0) is 29.2 Å². The maximum absolute atomic E-state index is 12.7. The standard InChI is InChI=1S/C22H20F3NO4/c1-13(27)20-10-14(30-22(23,24)25)11-26(20)21(28)29-12-19-17-8-4-2-6-15(17)16-7-3-5-9-18(16)19/h2-9,14,19-20H,10-12H2,1H3/t14-,20-/m1/s1. The summed E-state index contributed by atoms with van der Waals surface area (Å²) in [6.45, 7) is 0.920. The number of likely N-dealkylation sites (tertiary alicyclic amines) is 1. The van der Waals surface area contributed by atoms with Gasteiger partial charge in [0, 0.05) is 12.3 Å². The number of benzene rings is 2. The lowest BCUT2D eigenvalue weighted by atomic mass is 9.98. The van der Waals surface area contributed by atoms with E-state index in [4.69, 9.17) is 4.74 Å². The van der Waals surface area contributed by atoms with Crippen LogP contribution in [0.25, 0.3) is 11.1 Å². The highest BCUT2D eigenvalue weighted by molar-refractivity contribution is 5.86. The van der Waals surface area contributed by atoms with Crippen LogP contribution < -0.4 is 0 Å². The van der Waals surface area contributed by atoms with Crippen LogP contribution in [-0.2, 0) is 14.3 Å². The predicted octanol–water partition coefficient (Wildman–Crippen LogP) is 4.50. The maximum Gasteiger partial charge on any atom is 0.522 e. The van der Waals surface area contributed by atoms with Crippen LogP contribution >= 0.6 is 0 Å². The number of rotatable bonds is 4. The number of hydrogen-bond donors (Lipinski definition) is 0. The van der Waals surface area contributed by atoms with E-state index < -0.39 is 30.4 Å². The zero-order valence-electron chi connectivity index (χ0n) is 16.2. The van der Waals surface area contributed by atoms with Crippen LogP contribution in [0.3, 0.4) is 0 Å². The molecule has 2 aromatic rings. The number of amides is 1. The van der Waals surface area contributed by atoms with Gasteiger partial charge in [-0.15, -0.1) is 13.2 Å². The minimum atomic E-state index is -4.83. The molecule has 8 heteroatoms. The van der Waals surface area contributed by atoms with Gasteiger partial charge in [0.15, 0.2) is 5.78 Å². The van der Waals surface area contributed by atoms with E-state index in [1.165, 1.54) is 6.92 Å². The molecule has 5 nitrogen and oxygen atoms in total. The predicted molar refractivity (Wildman–Crippen MR) is 102 cm³/mol. The minimum absolute atomic E-state index is 0.0266. The summed E-state index contributed by atoms with van der Waals surface area (Å²) in [5, 5.41) is 0. The number of ketones is 1. The molecule has 2 aliphatic rings. The quantitative estimate of drug-likeness (QED) is 0.732. The van der Waals surface area contributed by atoms with Gasteiger partial charge in [0.1, 0.15) is 6.61 Å². The van der Waals surface area contributed by atoms with E-state index >= 15 is 0 Å². The molecule has 0 bridgehead atoms. The first-order valence-electron chi connectivity index (χ1n) is 9.61. The second-order valence-corrected chi connectivity index (χ2v) is 7.50. The Morgan fingerprint density at radius 3 is 2.13 bits per heavy atom. The highest BCUT2D eigenvalue weighted by Crippen LogP contribution is 2.44. The molecule has 0 spiro atoms. The monoisotopic (exact) mass is 419 g/mol. The topological polar surface area (TPSA) is 55.8 Å². The molecule has 1 heterocycles. The van der Waals surface area contributed by atoms with Crippen molar-refractivity contribution in [3.63, 3.8) is 0 Å². The molecule has 0 unspecified atom stereocenters. The van der Waals surface area contributed by atoms with E-state index in [-0.39, 0.29) is 25.5 Å². The Balaban J connectivity index is 1.48. The lowest BCUT2D eigenvalue weighted by Gasteiger charge is -2.23. The summed E-state index contributed by atoms with van der Waals surface area (Å²) >= 11 is 0.